The molecule has 2 aromatic rings. The third kappa shape index (κ3) is 4.62. The van der Waals surface area contributed by atoms with Crippen LogP contribution in [0.25, 0.3) is 0 Å². The standard InChI is InChI=1S/C20H28ClN5O/c1-14-16(21)13-22-19(23-14)24-17-7-6-15(12-18(17)27-5)25-8-10-26(11-9-25)20(2,3)4/h6-7,12-13H,8-11H2,1-5H3,(H,22,23,24). The topological polar surface area (TPSA) is 53.5 Å². The number of benzene rings is 1. The van der Waals surface area contributed by atoms with Gasteiger partial charge >= 0.3 is 0 Å². The Morgan fingerprint density at radius 3 is 2.44 bits per heavy atom. The van der Waals surface area contributed by atoms with Gasteiger partial charge in [0.15, 0.2) is 0 Å². The molecule has 1 N–H and O–H groups in total. The smallest absolute Gasteiger partial charge is 0.227 e. The number of hydrogen-bond acceptors (Lipinski definition) is 6. The van der Waals surface area contributed by atoms with Gasteiger partial charge in [0.05, 0.1) is 29.7 Å². The highest BCUT2D eigenvalue weighted by molar-refractivity contribution is 6.31. The summed E-state index contributed by atoms with van der Waals surface area (Å²) in [5.74, 6) is 1.27. The van der Waals surface area contributed by atoms with Crippen LogP contribution in [0, 0.1) is 6.92 Å². The van der Waals surface area contributed by atoms with Gasteiger partial charge in [0.25, 0.3) is 0 Å². The van der Waals surface area contributed by atoms with Gasteiger partial charge in [0.2, 0.25) is 5.95 Å². The molecule has 1 fully saturated rings. The lowest BCUT2D eigenvalue weighted by atomic mass is 10.0. The first-order valence-corrected chi connectivity index (χ1v) is 9.60. The van der Waals surface area contributed by atoms with E-state index < -0.39 is 0 Å². The zero-order valence-electron chi connectivity index (χ0n) is 16.7. The van der Waals surface area contributed by atoms with Gasteiger partial charge in [-0.2, -0.15) is 0 Å². The molecule has 27 heavy (non-hydrogen) atoms. The number of methoxy groups -OCH3 is 1. The van der Waals surface area contributed by atoms with Gasteiger partial charge in [-0.3, -0.25) is 4.90 Å². The van der Waals surface area contributed by atoms with Gasteiger partial charge in [-0.15, -0.1) is 0 Å². The molecule has 0 unspecified atom stereocenters. The first-order chi connectivity index (χ1) is 12.8. The fraction of sp³-hybridized carbons (Fsp3) is 0.500. The minimum absolute atomic E-state index is 0.217. The van der Waals surface area contributed by atoms with Gasteiger partial charge < -0.3 is 15.0 Å². The Morgan fingerprint density at radius 1 is 1.15 bits per heavy atom. The molecule has 6 nitrogen and oxygen atoms in total. The molecule has 0 amide bonds. The van der Waals surface area contributed by atoms with E-state index >= 15 is 0 Å². The molecule has 0 saturated carbocycles. The van der Waals surface area contributed by atoms with Crippen molar-refractivity contribution in [2.24, 2.45) is 0 Å². The highest BCUT2D eigenvalue weighted by atomic mass is 35.5. The lowest BCUT2D eigenvalue weighted by Crippen LogP contribution is -2.53. The van der Waals surface area contributed by atoms with Crippen LogP contribution in [0.1, 0.15) is 26.5 Å². The Labute approximate surface area is 166 Å². The van der Waals surface area contributed by atoms with Crippen LogP contribution in [0.4, 0.5) is 17.3 Å². The monoisotopic (exact) mass is 389 g/mol. The molecule has 0 aliphatic carbocycles. The average molecular weight is 390 g/mol. The number of anilines is 3. The average Bonchev–Trinajstić information content (AvgIpc) is 2.64. The highest BCUT2D eigenvalue weighted by Gasteiger charge is 2.26. The number of ether oxygens (including phenoxy) is 1. The summed E-state index contributed by atoms with van der Waals surface area (Å²) in [7, 11) is 1.68. The van der Waals surface area contributed by atoms with Gasteiger partial charge in [-0.25, -0.2) is 9.97 Å². The van der Waals surface area contributed by atoms with Crippen LogP contribution in [0.15, 0.2) is 24.4 Å². The van der Waals surface area contributed by atoms with E-state index in [1.807, 2.05) is 13.0 Å². The number of hydrogen-bond donors (Lipinski definition) is 1. The molecule has 146 valence electrons. The van der Waals surface area contributed by atoms with E-state index in [0.29, 0.717) is 11.0 Å². The number of nitrogens with one attached hydrogen (secondary N) is 1. The molecule has 7 heteroatoms. The Kier molecular flexibility index (Phi) is 5.77. The Morgan fingerprint density at radius 2 is 1.85 bits per heavy atom. The molecular weight excluding hydrogens is 362 g/mol. The predicted octanol–water partition coefficient (Wildman–Crippen LogP) is 4.11. The van der Waals surface area contributed by atoms with Crippen LogP contribution in [-0.4, -0.2) is 53.7 Å². The zero-order chi connectivity index (χ0) is 19.6. The predicted molar refractivity (Wildman–Crippen MR) is 112 cm³/mol. The van der Waals surface area contributed by atoms with E-state index in [4.69, 9.17) is 16.3 Å². The number of aromatic nitrogens is 2. The number of halogens is 1. The van der Waals surface area contributed by atoms with E-state index in [1.54, 1.807) is 13.3 Å². The van der Waals surface area contributed by atoms with Crippen molar-refractivity contribution in [1.82, 2.24) is 14.9 Å². The summed E-state index contributed by atoms with van der Waals surface area (Å²) in [6.45, 7) is 12.8. The van der Waals surface area contributed by atoms with Crippen LogP contribution in [0.5, 0.6) is 5.75 Å². The Hall–Kier alpha value is -2.05. The van der Waals surface area contributed by atoms with Gasteiger partial charge in [-0.1, -0.05) is 11.6 Å². The second-order valence-electron chi connectivity index (χ2n) is 7.78. The second-order valence-corrected chi connectivity index (χ2v) is 8.19. The molecule has 1 saturated heterocycles. The van der Waals surface area contributed by atoms with E-state index in [9.17, 15) is 0 Å². The van der Waals surface area contributed by atoms with Crippen molar-refractivity contribution in [2.75, 3.05) is 43.5 Å². The second kappa shape index (κ2) is 7.90. The molecule has 2 heterocycles. The van der Waals surface area contributed by atoms with E-state index in [0.717, 1.165) is 43.3 Å². The van der Waals surface area contributed by atoms with Crippen molar-refractivity contribution in [2.45, 2.75) is 33.2 Å². The van der Waals surface area contributed by atoms with Crippen molar-refractivity contribution < 1.29 is 4.74 Å². The summed E-state index contributed by atoms with van der Waals surface area (Å²) < 4.78 is 5.60. The Bertz CT molecular complexity index is 797. The van der Waals surface area contributed by atoms with Crippen LogP contribution in [-0.2, 0) is 0 Å². The van der Waals surface area contributed by atoms with E-state index in [1.165, 1.54) is 5.69 Å². The number of piperazine rings is 1. The molecule has 1 aliphatic heterocycles. The zero-order valence-corrected chi connectivity index (χ0v) is 17.5. The quantitative estimate of drug-likeness (QED) is 0.849. The lowest BCUT2D eigenvalue weighted by molar-refractivity contribution is 0.128. The fourth-order valence-corrected chi connectivity index (χ4v) is 3.34. The summed E-state index contributed by atoms with van der Waals surface area (Å²) in [6.07, 6.45) is 1.60. The number of aryl methyl sites for hydroxylation is 1. The van der Waals surface area contributed by atoms with Crippen LogP contribution >= 0.6 is 11.6 Å². The minimum atomic E-state index is 0.217. The largest absolute Gasteiger partial charge is 0.494 e. The maximum atomic E-state index is 6.00. The summed E-state index contributed by atoms with van der Waals surface area (Å²) >= 11 is 6.00. The summed E-state index contributed by atoms with van der Waals surface area (Å²) in [6, 6.07) is 6.19. The molecule has 0 radical (unpaired) electrons. The first kappa shape index (κ1) is 19.7. The van der Waals surface area contributed by atoms with Crippen molar-refractivity contribution in [1.29, 1.82) is 0 Å². The number of nitrogens with zero attached hydrogens (tertiary/aromatic N) is 4. The minimum Gasteiger partial charge on any atom is -0.494 e. The SMILES string of the molecule is COc1cc(N2CCN(C(C)(C)C)CC2)ccc1Nc1ncc(Cl)c(C)n1. The number of rotatable bonds is 4. The maximum absolute atomic E-state index is 6.00. The van der Waals surface area contributed by atoms with Gasteiger partial charge in [-0.05, 0) is 39.8 Å². The van der Waals surface area contributed by atoms with E-state index in [2.05, 4.69) is 58.0 Å². The molecule has 0 atom stereocenters. The van der Waals surface area contributed by atoms with Gasteiger partial charge in [0, 0.05) is 43.5 Å². The van der Waals surface area contributed by atoms with Crippen molar-refractivity contribution >= 4 is 28.9 Å². The Balaban J connectivity index is 1.74. The lowest BCUT2D eigenvalue weighted by Gasteiger charge is -2.43. The van der Waals surface area contributed by atoms with E-state index in [-0.39, 0.29) is 5.54 Å². The fourth-order valence-electron chi connectivity index (χ4n) is 3.25. The third-order valence-electron chi connectivity index (χ3n) is 4.94. The summed E-state index contributed by atoms with van der Waals surface area (Å²) in [5.41, 5.74) is 2.95. The molecule has 0 spiro atoms. The van der Waals surface area contributed by atoms with Crippen LogP contribution in [0.2, 0.25) is 5.02 Å². The summed E-state index contributed by atoms with van der Waals surface area (Å²) in [5, 5.41) is 3.77. The summed E-state index contributed by atoms with van der Waals surface area (Å²) in [4.78, 5) is 13.5. The van der Waals surface area contributed by atoms with Crippen LogP contribution in [0.3, 0.4) is 0 Å². The molecular formula is C20H28ClN5O. The third-order valence-corrected chi connectivity index (χ3v) is 5.32. The first-order valence-electron chi connectivity index (χ1n) is 9.22. The normalized spacial score (nSPS) is 15.7. The van der Waals surface area contributed by atoms with Crippen LogP contribution < -0.4 is 15.0 Å². The van der Waals surface area contributed by atoms with Gasteiger partial charge in [0.1, 0.15) is 5.75 Å². The molecule has 0 bridgehead atoms. The van der Waals surface area contributed by atoms with Crippen molar-refractivity contribution in [3.8, 4) is 5.75 Å². The molecule has 3 rings (SSSR count). The van der Waals surface area contributed by atoms with Crippen molar-refractivity contribution in [3.05, 3.63) is 35.1 Å². The molecule has 1 aliphatic rings. The maximum Gasteiger partial charge on any atom is 0.227 e. The highest BCUT2D eigenvalue weighted by Crippen LogP contribution is 2.32. The van der Waals surface area contributed by atoms with Crippen molar-refractivity contribution in [3.63, 3.8) is 0 Å². The molecule has 1 aromatic carbocycles. The molecule has 1 aromatic heterocycles.